The quantitative estimate of drug-likeness (QED) is 0.726. The maximum Gasteiger partial charge on any atom is 0.391 e. The molecule has 7 heteroatoms. The molecule has 0 spiro atoms. The van der Waals surface area contributed by atoms with Crippen LogP contribution in [0.3, 0.4) is 0 Å². The first-order valence-electron chi connectivity index (χ1n) is 6.60. The molecule has 1 fully saturated rings. The fraction of sp³-hybridized carbons (Fsp3) is 0.500. The zero-order valence-corrected chi connectivity index (χ0v) is 13.4. The lowest BCUT2D eigenvalue weighted by molar-refractivity contribution is -0.185. The molecule has 1 aromatic carbocycles. The van der Waals surface area contributed by atoms with Crippen LogP contribution in [0.2, 0.25) is 5.02 Å². The second kappa shape index (κ2) is 6.57. The molecule has 2 rings (SSSR count). The molecule has 1 saturated carbocycles. The van der Waals surface area contributed by atoms with Crippen LogP contribution in [0, 0.1) is 11.8 Å². The van der Waals surface area contributed by atoms with Crippen LogP contribution in [0.4, 0.5) is 18.9 Å². The minimum atomic E-state index is -4.23. The first-order chi connectivity index (χ1) is 9.79. The van der Waals surface area contributed by atoms with Crippen LogP contribution in [-0.2, 0) is 4.79 Å². The van der Waals surface area contributed by atoms with Gasteiger partial charge in [-0.05, 0) is 47.3 Å². The van der Waals surface area contributed by atoms with E-state index in [2.05, 4.69) is 21.2 Å². The molecule has 2 atom stereocenters. The fourth-order valence-corrected chi connectivity index (χ4v) is 3.10. The number of rotatable bonds is 2. The lowest BCUT2D eigenvalue weighted by Gasteiger charge is -2.29. The Kier molecular flexibility index (Phi) is 5.20. The third kappa shape index (κ3) is 4.13. The van der Waals surface area contributed by atoms with Crippen molar-refractivity contribution in [2.75, 3.05) is 5.32 Å². The Morgan fingerprint density at radius 3 is 2.71 bits per heavy atom. The Morgan fingerprint density at radius 1 is 1.33 bits per heavy atom. The number of benzene rings is 1. The highest BCUT2D eigenvalue weighted by molar-refractivity contribution is 9.10. The number of nitrogens with one attached hydrogen (secondary N) is 1. The van der Waals surface area contributed by atoms with Crippen molar-refractivity contribution in [3.05, 3.63) is 27.7 Å². The van der Waals surface area contributed by atoms with Crippen LogP contribution in [0.15, 0.2) is 22.7 Å². The lowest BCUT2D eigenvalue weighted by atomic mass is 9.80. The van der Waals surface area contributed by atoms with Crippen molar-refractivity contribution in [3.63, 3.8) is 0 Å². The molecule has 0 aromatic heterocycles. The SMILES string of the molecule is O=C(Nc1cccc(Cl)c1Br)C1CCCC(C(F)(F)F)C1. The summed E-state index contributed by atoms with van der Waals surface area (Å²) in [5.41, 5.74) is 0.474. The van der Waals surface area contributed by atoms with Crippen LogP contribution in [0.5, 0.6) is 0 Å². The highest BCUT2D eigenvalue weighted by Crippen LogP contribution is 2.40. The smallest absolute Gasteiger partial charge is 0.325 e. The molecule has 0 heterocycles. The number of hydrogen-bond acceptors (Lipinski definition) is 1. The number of carbonyl (C=O) groups excluding carboxylic acids is 1. The summed E-state index contributed by atoms with van der Waals surface area (Å²) in [6.45, 7) is 0. The zero-order valence-electron chi connectivity index (χ0n) is 11.0. The summed E-state index contributed by atoms with van der Waals surface area (Å²) in [5.74, 6) is -2.38. The normalized spacial score (nSPS) is 22.9. The van der Waals surface area contributed by atoms with E-state index in [1.807, 2.05) is 0 Å². The zero-order chi connectivity index (χ0) is 15.6. The maximum atomic E-state index is 12.8. The molecule has 21 heavy (non-hydrogen) atoms. The van der Waals surface area contributed by atoms with E-state index in [9.17, 15) is 18.0 Å². The van der Waals surface area contributed by atoms with Crippen molar-refractivity contribution in [2.24, 2.45) is 11.8 Å². The average Bonchev–Trinajstić information content (AvgIpc) is 2.43. The van der Waals surface area contributed by atoms with Gasteiger partial charge in [-0.25, -0.2) is 0 Å². The van der Waals surface area contributed by atoms with Gasteiger partial charge in [-0.3, -0.25) is 4.79 Å². The largest absolute Gasteiger partial charge is 0.391 e. The molecule has 0 aliphatic heterocycles. The summed E-state index contributed by atoms with van der Waals surface area (Å²) in [4.78, 5) is 12.2. The topological polar surface area (TPSA) is 29.1 Å². The van der Waals surface area contributed by atoms with E-state index in [-0.39, 0.29) is 18.7 Å². The average molecular weight is 385 g/mol. The van der Waals surface area contributed by atoms with E-state index in [1.54, 1.807) is 18.2 Å². The van der Waals surface area contributed by atoms with E-state index in [0.29, 0.717) is 28.0 Å². The molecule has 116 valence electrons. The number of amides is 1. The minimum absolute atomic E-state index is 0.105. The van der Waals surface area contributed by atoms with Crippen LogP contribution in [0.1, 0.15) is 25.7 Å². The van der Waals surface area contributed by atoms with Gasteiger partial charge in [0, 0.05) is 5.92 Å². The van der Waals surface area contributed by atoms with Crippen molar-refractivity contribution in [1.82, 2.24) is 0 Å². The molecule has 0 radical (unpaired) electrons. The van der Waals surface area contributed by atoms with Gasteiger partial charge in [-0.15, -0.1) is 0 Å². The van der Waals surface area contributed by atoms with Gasteiger partial charge >= 0.3 is 6.18 Å². The Morgan fingerprint density at radius 2 is 2.05 bits per heavy atom. The highest BCUT2D eigenvalue weighted by atomic mass is 79.9. The van der Waals surface area contributed by atoms with Crippen molar-refractivity contribution in [3.8, 4) is 0 Å². The summed E-state index contributed by atoms with van der Waals surface area (Å²) in [7, 11) is 0. The van der Waals surface area contributed by atoms with E-state index in [4.69, 9.17) is 11.6 Å². The lowest BCUT2D eigenvalue weighted by Crippen LogP contribution is -2.34. The molecule has 1 aliphatic rings. The molecular formula is C14H14BrClF3NO. The number of halogens is 5. The second-order valence-electron chi connectivity index (χ2n) is 5.19. The van der Waals surface area contributed by atoms with Gasteiger partial charge in [-0.1, -0.05) is 24.1 Å². The highest BCUT2D eigenvalue weighted by Gasteiger charge is 2.43. The van der Waals surface area contributed by atoms with Crippen LogP contribution in [0.25, 0.3) is 0 Å². The predicted octanol–water partition coefficient (Wildman–Crippen LogP) is 5.41. The Labute approximate surface area is 134 Å². The van der Waals surface area contributed by atoms with Crippen molar-refractivity contribution in [2.45, 2.75) is 31.9 Å². The summed E-state index contributed by atoms with van der Waals surface area (Å²) in [6, 6.07) is 4.97. The molecule has 0 bridgehead atoms. The van der Waals surface area contributed by atoms with Gasteiger partial charge in [0.05, 0.1) is 21.1 Å². The Bertz CT molecular complexity index is 535. The predicted molar refractivity (Wildman–Crippen MR) is 79.3 cm³/mol. The molecule has 1 aromatic rings. The Balaban J connectivity index is 2.05. The molecule has 0 saturated heterocycles. The van der Waals surface area contributed by atoms with Gasteiger partial charge in [0.25, 0.3) is 0 Å². The van der Waals surface area contributed by atoms with Gasteiger partial charge in [0.1, 0.15) is 0 Å². The minimum Gasteiger partial charge on any atom is -0.325 e. The number of anilines is 1. The first-order valence-corrected chi connectivity index (χ1v) is 7.77. The van der Waals surface area contributed by atoms with Gasteiger partial charge in [0.15, 0.2) is 0 Å². The second-order valence-corrected chi connectivity index (χ2v) is 6.39. The van der Waals surface area contributed by atoms with Crippen molar-refractivity contribution >= 4 is 39.1 Å². The molecule has 2 unspecified atom stereocenters. The molecule has 2 nitrogen and oxygen atoms in total. The summed E-state index contributed by atoms with van der Waals surface area (Å²) in [6.07, 6.45) is -3.37. The van der Waals surface area contributed by atoms with Crippen molar-refractivity contribution in [1.29, 1.82) is 0 Å². The van der Waals surface area contributed by atoms with E-state index >= 15 is 0 Å². The fourth-order valence-electron chi connectivity index (χ4n) is 2.56. The summed E-state index contributed by atoms with van der Waals surface area (Å²) in [5, 5.41) is 3.09. The van der Waals surface area contributed by atoms with Crippen LogP contribution in [-0.4, -0.2) is 12.1 Å². The maximum absolute atomic E-state index is 12.8. The monoisotopic (exact) mass is 383 g/mol. The molecular weight excluding hydrogens is 371 g/mol. The summed E-state index contributed by atoms with van der Waals surface area (Å²) >= 11 is 9.17. The van der Waals surface area contributed by atoms with E-state index in [1.165, 1.54) is 0 Å². The first kappa shape index (κ1) is 16.6. The molecule has 1 aliphatic carbocycles. The van der Waals surface area contributed by atoms with Gasteiger partial charge < -0.3 is 5.32 Å². The third-order valence-corrected chi connectivity index (χ3v) is 5.11. The standard InChI is InChI=1S/C14H14BrClF3NO/c15-12-10(16)5-2-6-11(12)20-13(21)8-3-1-4-9(7-8)14(17,18)19/h2,5-6,8-9H,1,3-4,7H2,(H,20,21). The van der Waals surface area contributed by atoms with Gasteiger partial charge in [-0.2, -0.15) is 13.2 Å². The van der Waals surface area contributed by atoms with Gasteiger partial charge in [0.2, 0.25) is 5.91 Å². The van der Waals surface area contributed by atoms with Crippen molar-refractivity contribution < 1.29 is 18.0 Å². The summed E-state index contributed by atoms with van der Waals surface area (Å²) < 4.78 is 38.8. The number of carbonyl (C=O) groups is 1. The number of alkyl halides is 3. The van der Waals surface area contributed by atoms with E-state index in [0.717, 1.165) is 0 Å². The number of hydrogen-bond donors (Lipinski definition) is 1. The Hall–Kier alpha value is -0.750. The molecule has 1 amide bonds. The van der Waals surface area contributed by atoms with Crippen LogP contribution >= 0.6 is 27.5 Å². The van der Waals surface area contributed by atoms with E-state index < -0.39 is 18.0 Å². The van der Waals surface area contributed by atoms with Crippen LogP contribution < -0.4 is 5.32 Å². The molecule has 1 N–H and O–H groups in total. The third-order valence-electron chi connectivity index (χ3n) is 3.72.